The van der Waals surface area contributed by atoms with Gasteiger partial charge in [-0.25, -0.2) is 0 Å². The highest BCUT2D eigenvalue weighted by Gasteiger charge is 2.14. The number of para-hydroxylation sites is 1. The van der Waals surface area contributed by atoms with Gasteiger partial charge >= 0.3 is 0 Å². The van der Waals surface area contributed by atoms with Crippen molar-refractivity contribution in [3.8, 4) is 0 Å². The summed E-state index contributed by atoms with van der Waals surface area (Å²) in [6.45, 7) is 0. The van der Waals surface area contributed by atoms with Crippen LogP contribution in [0.15, 0.2) is 72.8 Å². The zero-order chi connectivity index (χ0) is 19.4. The molecule has 136 valence electrons. The Labute approximate surface area is 167 Å². The minimum absolute atomic E-state index is 0.155. The van der Waals surface area contributed by atoms with Crippen LogP contribution in [-0.2, 0) is 0 Å². The molecule has 3 aromatic rings. The lowest BCUT2D eigenvalue weighted by Crippen LogP contribution is -2.26. The van der Waals surface area contributed by atoms with Gasteiger partial charge in [-0.15, -0.1) is 0 Å². The van der Waals surface area contributed by atoms with Gasteiger partial charge in [0.1, 0.15) is 0 Å². The van der Waals surface area contributed by atoms with Crippen LogP contribution in [0.4, 0.5) is 11.4 Å². The molecule has 2 amide bonds. The molecule has 3 aromatic carbocycles. The highest BCUT2D eigenvalue weighted by molar-refractivity contribution is 6.42. The van der Waals surface area contributed by atoms with E-state index in [1.807, 2.05) is 30.3 Å². The minimum Gasteiger partial charge on any atom is -0.322 e. The third-order valence-electron chi connectivity index (χ3n) is 4.02. The molecule has 0 saturated heterocycles. The molecule has 0 saturated carbocycles. The van der Waals surface area contributed by atoms with Crippen LogP contribution in [0, 0.1) is 0 Å². The molecular formula is C21H16Cl2N2O2. The van der Waals surface area contributed by atoms with Gasteiger partial charge in [0.25, 0.3) is 11.8 Å². The number of carbonyl (C=O) groups is 2. The molecule has 0 radical (unpaired) electrons. The monoisotopic (exact) mass is 398 g/mol. The van der Waals surface area contributed by atoms with Crippen LogP contribution >= 0.6 is 23.2 Å². The highest BCUT2D eigenvalue weighted by Crippen LogP contribution is 2.25. The Morgan fingerprint density at radius 1 is 0.815 bits per heavy atom. The lowest BCUT2D eigenvalue weighted by atomic mass is 10.1. The largest absolute Gasteiger partial charge is 0.322 e. The first-order valence-electron chi connectivity index (χ1n) is 8.15. The second kappa shape index (κ2) is 8.25. The first kappa shape index (κ1) is 19.0. The summed E-state index contributed by atoms with van der Waals surface area (Å²) in [5.41, 5.74) is 2.26. The van der Waals surface area contributed by atoms with Crippen LogP contribution in [-0.4, -0.2) is 18.9 Å². The Morgan fingerprint density at radius 3 is 2.07 bits per heavy atom. The second-order valence-corrected chi connectivity index (χ2v) is 6.67. The van der Waals surface area contributed by atoms with Crippen molar-refractivity contribution in [2.75, 3.05) is 17.3 Å². The second-order valence-electron chi connectivity index (χ2n) is 5.86. The summed E-state index contributed by atoms with van der Waals surface area (Å²) < 4.78 is 0. The van der Waals surface area contributed by atoms with E-state index < -0.39 is 0 Å². The summed E-state index contributed by atoms with van der Waals surface area (Å²) >= 11 is 11.8. The smallest absolute Gasteiger partial charge is 0.258 e. The van der Waals surface area contributed by atoms with Crippen molar-refractivity contribution in [3.63, 3.8) is 0 Å². The van der Waals surface area contributed by atoms with Crippen LogP contribution in [0.1, 0.15) is 20.7 Å². The van der Waals surface area contributed by atoms with Gasteiger partial charge in [-0.1, -0.05) is 41.4 Å². The summed E-state index contributed by atoms with van der Waals surface area (Å²) in [6.07, 6.45) is 0. The van der Waals surface area contributed by atoms with E-state index in [9.17, 15) is 9.59 Å². The number of amides is 2. The number of halogens is 2. The van der Waals surface area contributed by atoms with Gasteiger partial charge in [-0.05, 0) is 54.6 Å². The van der Waals surface area contributed by atoms with Gasteiger partial charge in [0.05, 0.1) is 10.0 Å². The fraction of sp³-hybridized carbons (Fsp3) is 0.0476. The molecule has 0 bridgehead atoms. The summed E-state index contributed by atoms with van der Waals surface area (Å²) in [6, 6.07) is 20.7. The molecule has 0 fully saturated rings. The normalized spacial score (nSPS) is 10.3. The van der Waals surface area contributed by atoms with Crippen molar-refractivity contribution in [2.45, 2.75) is 0 Å². The maximum Gasteiger partial charge on any atom is 0.258 e. The predicted octanol–water partition coefficient (Wildman–Crippen LogP) is 5.52. The number of benzene rings is 3. The minimum atomic E-state index is -0.302. The zero-order valence-electron chi connectivity index (χ0n) is 14.4. The van der Waals surface area contributed by atoms with Crippen LogP contribution < -0.4 is 10.2 Å². The van der Waals surface area contributed by atoms with E-state index >= 15 is 0 Å². The van der Waals surface area contributed by atoms with Gasteiger partial charge in [0, 0.05) is 29.5 Å². The topological polar surface area (TPSA) is 49.4 Å². The van der Waals surface area contributed by atoms with Crippen LogP contribution in [0.5, 0.6) is 0 Å². The summed E-state index contributed by atoms with van der Waals surface area (Å²) in [7, 11) is 1.71. The van der Waals surface area contributed by atoms with Gasteiger partial charge in [-0.2, -0.15) is 0 Å². The highest BCUT2D eigenvalue weighted by atomic mass is 35.5. The lowest BCUT2D eigenvalue weighted by Gasteiger charge is -2.17. The van der Waals surface area contributed by atoms with Crippen LogP contribution in [0.3, 0.4) is 0 Å². The van der Waals surface area contributed by atoms with E-state index in [1.165, 1.54) is 0 Å². The van der Waals surface area contributed by atoms with Crippen molar-refractivity contribution in [1.29, 1.82) is 0 Å². The molecule has 0 spiro atoms. The number of anilines is 2. The molecule has 6 heteroatoms. The Balaban J connectivity index is 1.71. The van der Waals surface area contributed by atoms with Gasteiger partial charge in [0.15, 0.2) is 0 Å². The lowest BCUT2D eigenvalue weighted by molar-refractivity contribution is 0.0989. The van der Waals surface area contributed by atoms with E-state index in [-0.39, 0.29) is 11.8 Å². The van der Waals surface area contributed by atoms with Crippen LogP contribution in [0.25, 0.3) is 0 Å². The maximum absolute atomic E-state index is 12.6. The number of nitrogens with one attached hydrogen (secondary N) is 1. The first-order valence-corrected chi connectivity index (χ1v) is 8.91. The number of hydrogen-bond donors (Lipinski definition) is 1. The van der Waals surface area contributed by atoms with Gasteiger partial charge in [-0.3, -0.25) is 9.59 Å². The van der Waals surface area contributed by atoms with E-state index in [0.29, 0.717) is 26.9 Å². The SMILES string of the molecule is CN(C(=O)c1ccc(C(=O)Nc2ccc(Cl)c(Cl)c2)cc1)c1ccccc1. The Kier molecular flexibility index (Phi) is 5.79. The molecule has 0 aliphatic rings. The Bertz CT molecular complexity index is 973. The average Bonchev–Trinajstić information content (AvgIpc) is 2.70. The molecule has 0 atom stereocenters. The Hall–Kier alpha value is -2.82. The van der Waals surface area contributed by atoms with Crippen molar-refractivity contribution in [3.05, 3.63) is 94.0 Å². The molecule has 0 aliphatic heterocycles. The zero-order valence-corrected chi connectivity index (χ0v) is 16.0. The molecule has 0 aromatic heterocycles. The third kappa shape index (κ3) is 4.48. The molecule has 0 aliphatic carbocycles. The van der Waals surface area contributed by atoms with Gasteiger partial charge < -0.3 is 10.2 Å². The average molecular weight is 399 g/mol. The number of rotatable bonds is 4. The standard InChI is InChI=1S/C21H16Cl2N2O2/c1-25(17-5-3-2-4-6-17)21(27)15-9-7-14(8-10-15)20(26)24-16-11-12-18(22)19(23)13-16/h2-13H,1H3,(H,24,26). The summed E-state index contributed by atoms with van der Waals surface area (Å²) in [5, 5.41) is 3.52. The fourth-order valence-corrected chi connectivity index (χ4v) is 2.80. The van der Waals surface area contributed by atoms with Gasteiger partial charge in [0.2, 0.25) is 0 Å². The number of nitrogens with zero attached hydrogens (tertiary/aromatic N) is 1. The maximum atomic E-state index is 12.6. The fourth-order valence-electron chi connectivity index (χ4n) is 2.50. The summed E-state index contributed by atoms with van der Waals surface area (Å²) in [5.74, 6) is -0.457. The van der Waals surface area contributed by atoms with Crippen molar-refractivity contribution in [1.82, 2.24) is 0 Å². The van der Waals surface area contributed by atoms with Crippen molar-refractivity contribution in [2.24, 2.45) is 0 Å². The summed E-state index contributed by atoms with van der Waals surface area (Å²) in [4.78, 5) is 26.5. The van der Waals surface area contributed by atoms with Crippen LogP contribution in [0.2, 0.25) is 10.0 Å². The molecule has 0 heterocycles. The third-order valence-corrected chi connectivity index (χ3v) is 4.76. The Morgan fingerprint density at radius 2 is 1.44 bits per heavy atom. The van der Waals surface area contributed by atoms with Crippen molar-refractivity contribution >= 4 is 46.4 Å². The van der Waals surface area contributed by atoms with E-state index in [1.54, 1.807) is 54.4 Å². The van der Waals surface area contributed by atoms with E-state index in [0.717, 1.165) is 5.69 Å². The quantitative estimate of drug-likeness (QED) is 0.628. The first-order chi connectivity index (χ1) is 13.0. The van der Waals surface area contributed by atoms with E-state index in [2.05, 4.69) is 5.32 Å². The molecule has 0 unspecified atom stereocenters. The molecular weight excluding hydrogens is 383 g/mol. The molecule has 1 N–H and O–H groups in total. The molecule has 4 nitrogen and oxygen atoms in total. The molecule has 3 rings (SSSR count). The van der Waals surface area contributed by atoms with Crippen molar-refractivity contribution < 1.29 is 9.59 Å². The molecule has 27 heavy (non-hydrogen) atoms. The number of hydrogen-bond acceptors (Lipinski definition) is 2. The number of carbonyl (C=O) groups excluding carboxylic acids is 2. The van der Waals surface area contributed by atoms with E-state index in [4.69, 9.17) is 23.2 Å². The predicted molar refractivity (Wildman–Crippen MR) is 110 cm³/mol.